The molecule has 178 valence electrons. The Morgan fingerprint density at radius 2 is 1.79 bits per heavy atom. The van der Waals surface area contributed by atoms with Crippen molar-refractivity contribution >= 4 is 30.3 Å². The standard InChI is InChI=1S/C20H23N3OS.C5H11NO2/c1-4-14(2)23-19(21-3)20(24)22-13-15-6-5-7-17(12-15)16-8-10-18(25)11-9-16;1-3(2)4(6)5(7)8/h5-12,25H,2,4,13H2,1,3H3,(H,21,23)(H,22,24);3-4H,6H2,1-2H3,(H,7,8). The Hall–Kier alpha value is -3.10. The minimum atomic E-state index is -0.931. The molecule has 5 N–H and O–H groups in total. The van der Waals surface area contributed by atoms with Gasteiger partial charge in [0.05, 0.1) is 0 Å². The lowest BCUT2D eigenvalue weighted by molar-refractivity contribution is -0.139. The molecule has 33 heavy (non-hydrogen) atoms. The third kappa shape index (κ3) is 9.93. The first-order valence-corrected chi connectivity index (χ1v) is 11.1. The van der Waals surface area contributed by atoms with Gasteiger partial charge in [-0.3, -0.25) is 14.6 Å². The highest BCUT2D eigenvalue weighted by Gasteiger charge is 2.14. The number of allylic oxidation sites excluding steroid dienone is 1. The van der Waals surface area contributed by atoms with Crippen LogP contribution in [0.4, 0.5) is 0 Å². The number of carboxylic acids is 1. The molecule has 0 bridgehead atoms. The number of carbonyl (C=O) groups is 2. The van der Waals surface area contributed by atoms with Crippen LogP contribution in [0.3, 0.4) is 0 Å². The van der Waals surface area contributed by atoms with Crippen LogP contribution < -0.4 is 16.4 Å². The fourth-order valence-electron chi connectivity index (χ4n) is 2.54. The Bertz CT molecular complexity index is 972. The molecule has 2 rings (SSSR count). The summed E-state index contributed by atoms with van der Waals surface area (Å²) in [6.45, 7) is 9.78. The molecule has 8 heteroatoms. The van der Waals surface area contributed by atoms with Crippen LogP contribution in [0.15, 0.2) is 70.7 Å². The van der Waals surface area contributed by atoms with Gasteiger partial charge in [-0.25, -0.2) is 0 Å². The number of benzene rings is 2. The van der Waals surface area contributed by atoms with Gasteiger partial charge in [-0.2, -0.15) is 0 Å². The molecule has 0 aliphatic rings. The number of nitrogens with one attached hydrogen (secondary N) is 2. The highest BCUT2D eigenvalue weighted by atomic mass is 32.1. The third-order valence-electron chi connectivity index (χ3n) is 4.74. The van der Waals surface area contributed by atoms with Crippen LogP contribution in [0, 0.1) is 5.92 Å². The zero-order valence-corrected chi connectivity index (χ0v) is 20.5. The summed E-state index contributed by atoms with van der Waals surface area (Å²) in [5.74, 6) is -0.887. The van der Waals surface area contributed by atoms with Gasteiger partial charge >= 0.3 is 5.97 Å². The van der Waals surface area contributed by atoms with Crippen molar-refractivity contribution in [2.75, 3.05) is 7.05 Å². The third-order valence-corrected chi connectivity index (χ3v) is 5.04. The number of amides is 1. The van der Waals surface area contributed by atoms with Crippen LogP contribution in [-0.2, 0) is 16.1 Å². The number of carboxylic acid groups (broad SMARTS) is 1. The SMILES string of the molecule is C=C(CC)NC(=NC)C(=O)NCc1cccc(-c2ccc(S)cc2)c1.CC(C)C(N)C(=O)O. The second-order valence-electron chi connectivity index (χ2n) is 7.69. The van der Waals surface area contributed by atoms with Crippen molar-refractivity contribution in [1.82, 2.24) is 10.6 Å². The fourth-order valence-corrected chi connectivity index (χ4v) is 2.69. The molecule has 0 heterocycles. The van der Waals surface area contributed by atoms with Crippen molar-refractivity contribution in [3.05, 3.63) is 66.4 Å². The Labute approximate surface area is 201 Å². The molecule has 0 radical (unpaired) electrons. The van der Waals surface area contributed by atoms with E-state index in [9.17, 15) is 9.59 Å². The maximum absolute atomic E-state index is 12.2. The number of nitrogens with two attached hydrogens (primary N) is 1. The summed E-state index contributed by atoms with van der Waals surface area (Å²) in [4.78, 5) is 27.2. The van der Waals surface area contributed by atoms with E-state index in [0.717, 1.165) is 33.7 Å². The molecule has 0 aromatic heterocycles. The Morgan fingerprint density at radius 1 is 1.15 bits per heavy atom. The van der Waals surface area contributed by atoms with Gasteiger partial charge in [0, 0.05) is 24.2 Å². The van der Waals surface area contributed by atoms with E-state index in [1.165, 1.54) is 0 Å². The second kappa shape index (κ2) is 14.1. The zero-order valence-electron chi connectivity index (χ0n) is 19.6. The minimum absolute atomic E-state index is 0.0208. The van der Waals surface area contributed by atoms with E-state index in [1.54, 1.807) is 20.9 Å². The second-order valence-corrected chi connectivity index (χ2v) is 8.21. The van der Waals surface area contributed by atoms with Gasteiger partial charge in [0.25, 0.3) is 5.91 Å². The fraction of sp³-hybridized carbons (Fsp3) is 0.320. The van der Waals surface area contributed by atoms with E-state index >= 15 is 0 Å². The first kappa shape index (κ1) is 27.9. The maximum Gasteiger partial charge on any atom is 0.320 e. The van der Waals surface area contributed by atoms with Crippen molar-refractivity contribution in [1.29, 1.82) is 0 Å². The average molecular weight is 471 g/mol. The lowest BCUT2D eigenvalue weighted by Crippen LogP contribution is -2.39. The normalized spacial score (nSPS) is 11.8. The number of hydrogen-bond acceptors (Lipinski definition) is 5. The van der Waals surface area contributed by atoms with Crippen molar-refractivity contribution in [3.8, 4) is 11.1 Å². The quantitative estimate of drug-likeness (QED) is 0.239. The number of amidine groups is 1. The van der Waals surface area contributed by atoms with Gasteiger partial charge in [-0.15, -0.1) is 12.6 Å². The smallest absolute Gasteiger partial charge is 0.320 e. The van der Waals surface area contributed by atoms with E-state index in [0.29, 0.717) is 6.54 Å². The molecular formula is C25H34N4O3S. The molecule has 0 aliphatic carbocycles. The molecule has 1 amide bonds. The maximum atomic E-state index is 12.2. The summed E-state index contributed by atoms with van der Waals surface area (Å²) in [7, 11) is 1.58. The number of carbonyl (C=O) groups excluding carboxylic acids is 1. The predicted molar refractivity (Wildman–Crippen MR) is 137 cm³/mol. The average Bonchev–Trinajstić information content (AvgIpc) is 2.81. The number of aliphatic carboxylic acids is 1. The van der Waals surface area contributed by atoms with Gasteiger partial charge in [-0.1, -0.05) is 57.7 Å². The molecule has 2 aromatic carbocycles. The Kier molecular flexibility index (Phi) is 12.0. The summed E-state index contributed by atoms with van der Waals surface area (Å²) in [6, 6.07) is 15.3. The van der Waals surface area contributed by atoms with Gasteiger partial charge in [0.1, 0.15) is 6.04 Å². The summed E-state index contributed by atoms with van der Waals surface area (Å²) in [5.41, 5.74) is 9.15. The predicted octanol–water partition coefficient (Wildman–Crippen LogP) is 3.85. The summed E-state index contributed by atoms with van der Waals surface area (Å²) in [5, 5.41) is 14.0. The van der Waals surface area contributed by atoms with Crippen molar-refractivity contribution in [2.45, 2.75) is 44.7 Å². The van der Waals surface area contributed by atoms with Gasteiger partial charge in [-0.05, 0) is 47.2 Å². The highest BCUT2D eigenvalue weighted by Crippen LogP contribution is 2.22. The summed E-state index contributed by atoms with van der Waals surface area (Å²) < 4.78 is 0. The molecule has 0 spiro atoms. The number of thiol groups is 1. The molecular weight excluding hydrogens is 436 g/mol. The zero-order chi connectivity index (χ0) is 25.0. The van der Waals surface area contributed by atoms with Crippen molar-refractivity contribution in [3.63, 3.8) is 0 Å². The van der Waals surface area contributed by atoms with Crippen LogP contribution in [-0.4, -0.2) is 35.9 Å². The topological polar surface area (TPSA) is 117 Å². The lowest BCUT2D eigenvalue weighted by atomic mass is 10.0. The van der Waals surface area contributed by atoms with E-state index < -0.39 is 12.0 Å². The van der Waals surface area contributed by atoms with Crippen molar-refractivity contribution < 1.29 is 14.7 Å². The van der Waals surface area contributed by atoms with Gasteiger partial charge in [0.2, 0.25) is 0 Å². The van der Waals surface area contributed by atoms with Gasteiger partial charge < -0.3 is 21.5 Å². The first-order chi connectivity index (χ1) is 15.6. The van der Waals surface area contributed by atoms with E-state index in [2.05, 4.69) is 40.9 Å². The van der Waals surface area contributed by atoms with E-state index in [4.69, 9.17) is 10.8 Å². The first-order valence-electron chi connectivity index (χ1n) is 10.7. The highest BCUT2D eigenvalue weighted by molar-refractivity contribution is 7.80. The number of nitrogens with zero attached hydrogens (tertiary/aromatic N) is 1. The number of hydrogen-bond donors (Lipinski definition) is 5. The molecule has 0 saturated heterocycles. The minimum Gasteiger partial charge on any atom is -0.480 e. The molecule has 1 atom stereocenters. The molecule has 0 fully saturated rings. The van der Waals surface area contributed by atoms with Gasteiger partial charge in [0.15, 0.2) is 5.84 Å². The van der Waals surface area contributed by atoms with Crippen LogP contribution in [0.25, 0.3) is 11.1 Å². The molecule has 0 aliphatic heterocycles. The summed E-state index contributed by atoms with van der Waals surface area (Å²) in [6.07, 6.45) is 0.736. The van der Waals surface area contributed by atoms with E-state index in [-0.39, 0.29) is 17.7 Å². The number of rotatable bonds is 7. The summed E-state index contributed by atoms with van der Waals surface area (Å²) >= 11 is 4.31. The Balaban J connectivity index is 0.000000582. The monoisotopic (exact) mass is 470 g/mol. The molecule has 2 aromatic rings. The molecule has 1 unspecified atom stereocenters. The van der Waals surface area contributed by atoms with Crippen LogP contribution >= 0.6 is 12.6 Å². The number of aliphatic imine (C=N–C) groups is 1. The van der Waals surface area contributed by atoms with E-state index in [1.807, 2.05) is 49.4 Å². The molecule has 0 saturated carbocycles. The van der Waals surface area contributed by atoms with Crippen LogP contribution in [0.2, 0.25) is 0 Å². The Morgan fingerprint density at radius 3 is 2.27 bits per heavy atom. The lowest BCUT2D eigenvalue weighted by Gasteiger charge is -2.11. The molecule has 7 nitrogen and oxygen atoms in total. The van der Waals surface area contributed by atoms with Crippen molar-refractivity contribution in [2.24, 2.45) is 16.6 Å². The largest absolute Gasteiger partial charge is 0.480 e. The van der Waals surface area contributed by atoms with Crippen LogP contribution in [0.5, 0.6) is 0 Å². The van der Waals surface area contributed by atoms with Crippen LogP contribution in [0.1, 0.15) is 32.8 Å².